The van der Waals surface area contributed by atoms with Crippen molar-refractivity contribution in [2.24, 2.45) is 0 Å². The van der Waals surface area contributed by atoms with Crippen molar-refractivity contribution in [3.8, 4) is 0 Å². The minimum Gasteiger partial charge on any atom is -0.457 e. The molecule has 7 heteroatoms. The Morgan fingerprint density at radius 2 is 2.16 bits per heavy atom. The Hall–Kier alpha value is -1.86. The predicted octanol–water partition coefficient (Wildman–Crippen LogP) is 3.05. The zero-order chi connectivity index (χ0) is 19.0. The highest BCUT2D eigenvalue weighted by molar-refractivity contribution is 7.80. The van der Waals surface area contributed by atoms with E-state index in [1.807, 2.05) is 40.7 Å². The molecule has 0 saturated heterocycles. The van der Waals surface area contributed by atoms with Gasteiger partial charge >= 0.3 is 5.97 Å². The average molecular weight is 368 g/mol. The summed E-state index contributed by atoms with van der Waals surface area (Å²) >= 11 is 4.15. The van der Waals surface area contributed by atoms with Gasteiger partial charge in [0.2, 0.25) is 5.91 Å². The standard InChI is InChI=1S/C16H21N3O3S.C2H6.H2/c1-16(2,3)22-13(20)5-4-10-6-11-8-17-12(9-23)15(21)19-14(11)18-7-10;1-2;/h4-7,12,17,23H,8-9H2,1-3H3,(H,18,19,21);1-2H3;1H/b5-4+;;. The third kappa shape index (κ3) is 6.88. The molecule has 0 saturated carbocycles. The molecule has 2 N–H and O–H groups in total. The number of carbonyl (C=O) groups excluding carboxylic acids is 2. The Morgan fingerprint density at radius 3 is 2.76 bits per heavy atom. The van der Waals surface area contributed by atoms with Crippen molar-refractivity contribution >= 4 is 36.4 Å². The fourth-order valence-corrected chi connectivity index (χ4v) is 2.34. The van der Waals surface area contributed by atoms with Crippen LogP contribution >= 0.6 is 12.6 Å². The lowest BCUT2D eigenvalue weighted by atomic mass is 10.1. The predicted molar refractivity (Wildman–Crippen MR) is 106 cm³/mol. The summed E-state index contributed by atoms with van der Waals surface area (Å²) in [6, 6.07) is 1.52. The van der Waals surface area contributed by atoms with E-state index in [2.05, 4.69) is 28.2 Å². The molecular formula is C18H29N3O3S. The third-order valence-electron chi connectivity index (χ3n) is 3.09. The number of nitrogens with one attached hydrogen (secondary N) is 2. The Balaban J connectivity index is 0.00000201. The molecule has 1 aromatic rings. The minimum atomic E-state index is -0.524. The van der Waals surface area contributed by atoms with Crippen LogP contribution in [0.4, 0.5) is 5.82 Å². The van der Waals surface area contributed by atoms with E-state index in [1.165, 1.54) is 6.08 Å². The summed E-state index contributed by atoms with van der Waals surface area (Å²) in [5.74, 6) is 0.379. The first kappa shape index (κ1) is 21.2. The molecule has 1 amide bonds. The molecule has 0 spiro atoms. The summed E-state index contributed by atoms with van der Waals surface area (Å²) < 4.78 is 5.21. The Morgan fingerprint density at radius 1 is 1.48 bits per heavy atom. The lowest BCUT2D eigenvalue weighted by molar-refractivity contribution is -0.148. The monoisotopic (exact) mass is 367 g/mol. The molecule has 0 aromatic carbocycles. The molecule has 2 heterocycles. The summed E-state index contributed by atoms with van der Waals surface area (Å²) in [5, 5.41) is 5.89. The number of fused-ring (bicyclic) bond motifs is 1. The van der Waals surface area contributed by atoms with Crippen LogP contribution in [-0.2, 0) is 20.9 Å². The van der Waals surface area contributed by atoms with Crippen LogP contribution in [0.5, 0.6) is 0 Å². The fraction of sp³-hybridized carbons (Fsp3) is 0.500. The second-order valence-corrected chi connectivity index (χ2v) is 6.61. The SMILES string of the molecule is CC.CC(C)(C)OC(=O)/C=C/c1cnc2c(c1)CNC(CS)C(=O)N2.[HH]. The van der Waals surface area contributed by atoms with Crippen molar-refractivity contribution in [3.63, 3.8) is 0 Å². The Bertz CT molecular complexity index is 645. The summed E-state index contributed by atoms with van der Waals surface area (Å²) in [6.45, 7) is 9.94. The van der Waals surface area contributed by atoms with Crippen molar-refractivity contribution in [3.05, 3.63) is 29.5 Å². The molecule has 1 atom stereocenters. The second-order valence-electron chi connectivity index (χ2n) is 6.25. The summed E-state index contributed by atoms with van der Waals surface area (Å²) in [7, 11) is 0. The first-order valence-electron chi connectivity index (χ1n) is 8.33. The second kappa shape index (κ2) is 9.58. The fourth-order valence-electron chi connectivity index (χ4n) is 2.04. The lowest BCUT2D eigenvalue weighted by Crippen LogP contribution is -2.39. The van der Waals surface area contributed by atoms with Crippen molar-refractivity contribution in [2.75, 3.05) is 11.1 Å². The molecule has 0 bridgehead atoms. The highest BCUT2D eigenvalue weighted by Gasteiger charge is 2.22. The lowest BCUT2D eigenvalue weighted by Gasteiger charge is -2.17. The van der Waals surface area contributed by atoms with Crippen LogP contribution in [0.1, 0.15) is 47.2 Å². The maximum absolute atomic E-state index is 11.9. The molecular weight excluding hydrogens is 338 g/mol. The largest absolute Gasteiger partial charge is 0.457 e. The van der Waals surface area contributed by atoms with E-state index in [0.717, 1.165) is 11.1 Å². The number of rotatable bonds is 3. The molecule has 6 nitrogen and oxygen atoms in total. The van der Waals surface area contributed by atoms with Gasteiger partial charge < -0.3 is 15.4 Å². The number of pyridine rings is 1. The Kier molecular flexibility index (Phi) is 8.12. The van der Waals surface area contributed by atoms with Crippen LogP contribution in [0.15, 0.2) is 18.3 Å². The topological polar surface area (TPSA) is 80.3 Å². The number of esters is 1. The zero-order valence-electron chi connectivity index (χ0n) is 15.4. The normalized spacial score (nSPS) is 17.0. The highest BCUT2D eigenvalue weighted by Crippen LogP contribution is 2.18. The smallest absolute Gasteiger partial charge is 0.331 e. The van der Waals surface area contributed by atoms with Crippen molar-refractivity contribution in [2.45, 2.75) is 52.8 Å². The van der Waals surface area contributed by atoms with Crippen LogP contribution in [0.3, 0.4) is 0 Å². The molecule has 2 rings (SSSR count). The van der Waals surface area contributed by atoms with E-state index in [9.17, 15) is 9.59 Å². The van der Waals surface area contributed by atoms with Crippen LogP contribution in [0.25, 0.3) is 6.08 Å². The van der Waals surface area contributed by atoms with E-state index < -0.39 is 11.6 Å². The first-order valence-corrected chi connectivity index (χ1v) is 8.97. The zero-order valence-corrected chi connectivity index (χ0v) is 16.3. The first-order chi connectivity index (χ1) is 11.8. The van der Waals surface area contributed by atoms with E-state index in [-0.39, 0.29) is 13.4 Å². The van der Waals surface area contributed by atoms with Gasteiger partial charge in [-0.25, -0.2) is 9.78 Å². The van der Waals surface area contributed by atoms with Gasteiger partial charge in [-0.3, -0.25) is 4.79 Å². The van der Waals surface area contributed by atoms with Gasteiger partial charge in [0.1, 0.15) is 11.4 Å². The number of ether oxygens (including phenoxy) is 1. The van der Waals surface area contributed by atoms with Gasteiger partial charge in [-0.05, 0) is 38.5 Å². The number of hydrogen-bond acceptors (Lipinski definition) is 6. The third-order valence-corrected chi connectivity index (χ3v) is 3.45. The molecule has 0 radical (unpaired) electrons. The van der Waals surface area contributed by atoms with E-state index >= 15 is 0 Å². The number of thiol groups is 1. The number of hydrogen-bond donors (Lipinski definition) is 3. The number of amides is 1. The van der Waals surface area contributed by atoms with Crippen molar-refractivity contribution in [1.29, 1.82) is 0 Å². The number of nitrogens with zero attached hydrogens (tertiary/aromatic N) is 1. The van der Waals surface area contributed by atoms with Gasteiger partial charge in [0.15, 0.2) is 0 Å². The molecule has 0 fully saturated rings. The van der Waals surface area contributed by atoms with Crippen LogP contribution in [0, 0.1) is 0 Å². The number of anilines is 1. The van der Waals surface area contributed by atoms with Gasteiger partial charge in [0.05, 0.1) is 6.04 Å². The highest BCUT2D eigenvalue weighted by atomic mass is 32.1. The van der Waals surface area contributed by atoms with Gasteiger partial charge in [-0.2, -0.15) is 12.6 Å². The average Bonchev–Trinajstić information content (AvgIpc) is 2.71. The molecule has 1 unspecified atom stereocenters. The van der Waals surface area contributed by atoms with Gasteiger partial charge in [0.25, 0.3) is 0 Å². The quantitative estimate of drug-likeness (QED) is 0.435. The van der Waals surface area contributed by atoms with Crippen LogP contribution in [-0.4, -0.2) is 34.3 Å². The van der Waals surface area contributed by atoms with Crippen LogP contribution < -0.4 is 10.6 Å². The minimum absolute atomic E-state index is 0. The molecule has 25 heavy (non-hydrogen) atoms. The van der Waals surface area contributed by atoms with E-state index in [1.54, 1.807) is 12.3 Å². The van der Waals surface area contributed by atoms with Crippen molar-refractivity contribution < 1.29 is 15.8 Å². The molecule has 1 aliphatic rings. The molecule has 1 aliphatic heterocycles. The molecule has 1 aromatic heterocycles. The summed E-state index contributed by atoms with van der Waals surface area (Å²) in [6.07, 6.45) is 4.61. The van der Waals surface area contributed by atoms with Crippen LogP contribution in [0.2, 0.25) is 0 Å². The maximum Gasteiger partial charge on any atom is 0.331 e. The Labute approximate surface area is 156 Å². The van der Waals surface area contributed by atoms with Gasteiger partial charge in [-0.15, -0.1) is 0 Å². The van der Waals surface area contributed by atoms with Crippen molar-refractivity contribution in [1.82, 2.24) is 10.3 Å². The number of aromatic nitrogens is 1. The maximum atomic E-state index is 11.9. The van der Waals surface area contributed by atoms with Gasteiger partial charge in [-0.1, -0.05) is 13.8 Å². The molecule has 140 valence electrons. The van der Waals surface area contributed by atoms with E-state index in [0.29, 0.717) is 18.1 Å². The summed E-state index contributed by atoms with van der Waals surface area (Å²) in [5.41, 5.74) is 1.09. The summed E-state index contributed by atoms with van der Waals surface area (Å²) in [4.78, 5) is 27.8. The van der Waals surface area contributed by atoms with Gasteiger partial charge in [0, 0.05) is 31.6 Å². The number of carbonyl (C=O) groups is 2. The van der Waals surface area contributed by atoms with E-state index in [4.69, 9.17) is 4.74 Å². The molecule has 0 aliphatic carbocycles.